The summed E-state index contributed by atoms with van der Waals surface area (Å²) in [6, 6.07) is 10.6. The van der Waals surface area contributed by atoms with E-state index in [1.165, 1.54) is 6.20 Å². The minimum Gasteiger partial charge on any atom is -0.489 e. The third kappa shape index (κ3) is 4.56. The van der Waals surface area contributed by atoms with Crippen molar-refractivity contribution < 1.29 is 14.0 Å². The number of hydrogen-bond donors (Lipinski definition) is 1. The molecule has 3 rings (SSSR count). The summed E-state index contributed by atoms with van der Waals surface area (Å²) in [5.41, 5.74) is 7.40. The number of para-hydroxylation sites is 1. The Morgan fingerprint density at radius 1 is 1.17 bits per heavy atom. The minimum atomic E-state index is -0.524. The van der Waals surface area contributed by atoms with Gasteiger partial charge in [0.05, 0.1) is 5.71 Å². The summed E-state index contributed by atoms with van der Waals surface area (Å²) in [7, 11) is 0. The molecule has 0 saturated carbocycles. The summed E-state index contributed by atoms with van der Waals surface area (Å²) < 4.78 is 19.7. The van der Waals surface area contributed by atoms with E-state index in [-0.39, 0.29) is 30.9 Å². The van der Waals surface area contributed by atoms with Gasteiger partial charge in [0, 0.05) is 30.3 Å². The number of halogens is 3. The van der Waals surface area contributed by atoms with Crippen LogP contribution in [-0.2, 0) is 4.84 Å². The highest BCUT2D eigenvalue weighted by molar-refractivity contribution is 5.87. The third-order valence-electron chi connectivity index (χ3n) is 3.39. The molecule has 1 aromatic carbocycles. The lowest BCUT2D eigenvalue weighted by molar-refractivity contribution is 0.0472. The number of nitrogens with zero attached hydrogens (tertiary/aromatic N) is 2. The molecule has 2 heterocycles. The van der Waals surface area contributed by atoms with Gasteiger partial charge in [0.15, 0.2) is 6.10 Å². The molecule has 2 aromatic rings. The molecule has 1 aliphatic rings. The number of benzene rings is 1. The number of hydrogen-bond acceptors (Lipinski definition) is 5. The third-order valence-corrected chi connectivity index (χ3v) is 3.39. The van der Waals surface area contributed by atoms with Gasteiger partial charge in [-0.25, -0.2) is 4.98 Å². The van der Waals surface area contributed by atoms with Crippen molar-refractivity contribution in [3.05, 3.63) is 48.5 Å². The molecular weight excluding hydrogens is 356 g/mol. The fourth-order valence-electron chi connectivity index (χ4n) is 2.28. The van der Waals surface area contributed by atoms with Crippen molar-refractivity contribution in [1.29, 1.82) is 0 Å². The fraction of sp³-hybridized carbons (Fsp3) is 0.250. The molecule has 24 heavy (non-hydrogen) atoms. The lowest BCUT2D eigenvalue weighted by atomic mass is 10.1. The Morgan fingerprint density at radius 2 is 1.92 bits per heavy atom. The predicted octanol–water partition coefficient (Wildman–Crippen LogP) is 3.21. The van der Waals surface area contributed by atoms with Gasteiger partial charge in [0.2, 0.25) is 5.95 Å². The maximum absolute atomic E-state index is 13.9. The Kier molecular flexibility index (Phi) is 7.91. The molecule has 2 N–H and O–H groups in total. The second-order valence-corrected chi connectivity index (χ2v) is 4.94. The highest BCUT2D eigenvalue weighted by Gasteiger charge is 2.21. The summed E-state index contributed by atoms with van der Waals surface area (Å²) in [5, 5.41) is 3.88. The van der Waals surface area contributed by atoms with Gasteiger partial charge in [0.1, 0.15) is 12.4 Å². The van der Waals surface area contributed by atoms with Crippen molar-refractivity contribution >= 4 is 30.5 Å². The van der Waals surface area contributed by atoms with Crippen LogP contribution in [0.25, 0.3) is 11.1 Å². The molecule has 1 aromatic heterocycles. The van der Waals surface area contributed by atoms with Gasteiger partial charge in [-0.2, -0.15) is 4.39 Å². The van der Waals surface area contributed by atoms with Crippen molar-refractivity contribution in [3.8, 4) is 16.9 Å². The number of nitrogens with two attached hydrogens (primary N) is 1. The predicted molar refractivity (Wildman–Crippen MR) is 95.6 cm³/mol. The zero-order valence-corrected chi connectivity index (χ0v) is 14.4. The topological polar surface area (TPSA) is 69.7 Å². The van der Waals surface area contributed by atoms with Crippen LogP contribution in [0.3, 0.4) is 0 Å². The van der Waals surface area contributed by atoms with E-state index in [0.29, 0.717) is 36.4 Å². The lowest BCUT2D eigenvalue weighted by Crippen LogP contribution is -2.20. The van der Waals surface area contributed by atoms with Crippen molar-refractivity contribution in [3.63, 3.8) is 0 Å². The SMILES string of the molecule is Cl.Cl.NCC1=NOC(COc2ccccc2-c2cccnc2F)C1. The molecule has 0 bridgehead atoms. The van der Waals surface area contributed by atoms with E-state index >= 15 is 0 Å². The molecule has 0 saturated heterocycles. The molecule has 1 unspecified atom stereocenters. The summed E-state index contributed by atoms with van der Waals surface area (Å²) in [6.45, 7) is 0.708. The van der Waals surface area contributed by atoms with Crippen LogP contribution < -0.4 is 10.5 Å². The summed E-state index contributed by atoms with van der Waals surface area (Å²) in [5.74, 6) is 0.0589. The first-order chi connectivity index (χ1) is 10.8. The Hall–Kier alpha value is -1.89. The van der Waals surface area contributed by atoms with E-state index in [2.05, 4.69) is 10.1 Å². The average Bonchev–Trinajstić information content (AvgIpc) is 3.02. The van der Waals surface area contributed by atoms with E-state index in [1.807, 2.05) is 12.1 Å². The molecule has 0 radical (unpaired) electrons. The summed E-state index contributed by atoms with van der Waals surface area (Å²) in [6.07, 6.45) is 1.91. The van der Waals surface area contributed by atoms with Crippen LogP contribution in [0.15, 0.2) is 47.8 Å². The highest BCUT2D eigenvalue weighted by atomic mass is 35.5. The zero-order chi connectivity index (χ0) is 15.4. The Balaban J connectivity index is 0.00000144. The summed E-state index contributed by atoms with van der Waals surface area (Å²) in [4.78, 5) is 8.92. The molecule has 0 spiro atoms. The van der Waals surface area contributed by atoms with Crippen LogP contribution in [0.4, 0.5) is 4.39 Å². The number of pyridine rings is 1. The Morgan fingerprint density at radius 3 is 2.62 bits per heavy atom. The van der Waals surface area contributed by atoms with E-state index < -0.39 is 5.95 Å². The standard InChI is InChI=1S/C16H16FN3O2.2ClH/c17-16-14(5-3-7-19-16)13-4-1-2-6-15(13)21-10-12-8-11(9-18)20-22-12;;/h1-7,12H,8-10,18H2;2*1H. The number of oxime groups is 1. The lowest BCUT2D eigenvalue weighted by Gasteiger charge is -2.14. The number of aromatic nitrogens is 1. The number of ether oxygens (including phenoxy) is 1. The Labute approximate surface area is 151 Å². The summed E-state index contributed by atoms with van der Waals surface area (Å²) >= 11 is 0. The first kappa shape index (κ1) is 20.2. The molecule has 1 aliphatic heterocycles. The monoisotopic (exact) mass is 373 g/mol. The van der Waals surface area contributed by atoms with E-state index in [0.717, 1.165) is 5.71 Å². The van der Waals surface area contributed by atoms with Crippen LogP contribution in [0.5, 0.6) is 5.75 Å². The van der Waals surface area contributed by atoms with Gasteiger partial charge >= 0.3 is 0 Å². The molecule has 130 valence electrons. The molecule has 0 fully saturated rings. The second kappa shape index (κ2) is 9.42. The fourth-order valence-corrected chi connectivity index (χ4v) is 2.28. The zero-order valence-electron chi connectivity index (χ0n) is 12.7. The smallest absolute Gasteiger partial charge is 0.220 e. The molecule has 5 nitrogen and oxygen atoms in total. The van der Waals surface area contributed by atoms with Gasteiger partial charge in [-0.1, -0.05) is 23.4 Å². The van der Waals surface area contributed by atoms with Crippen molar-refractivity contribution in [2.75, 3.05) is 13.2 Å². The normalized spacial score (nSPS) is 15.6. The van der Waals surface area contributed by atoms with Gasteiger partial charge < -0.3 is 15.3 Å². The van der Waals surface area contributed by atoms with Crippen LogP contribution in [0.1, 0.15) is 6.42 Å². The van der Waals surface area contributed by atoms with Crippen molar-refractivity contribution in [2.45, 2.75) is 12.5 Å². The van der Waals surface area contributed by atoms with E-state index in [1.54, 1.807) is 24.3 Å². The maximum atomic E-state index is 13.9. The first-order valence-electron chi connectivity index (χ1n) is 7.02. The van der Waals surface area contributed by atoms with E-state index in [9.17, 15) is 4.39 Å². The van der Waals surface area contributed by atoms with Crippen molar-refractivity contribution in [2.24, 2.45) is 10.9 Å². The van der Waals surface area contributed by atoms with Crippen LogP contribution in [0, 0.1) is 5.95 Å². The molecular formula is C16H18Cl2FN3O2. The Bertz CT molecular complexity index is 701. The minimum absolute atomic E-state index is 0. The van der Waals surface area contributed by atoms with Gasteiger partial charge in [0.25, 0.3) is 0 Å². The average molecular weight is 374 g/mol. The highest BCUT2D eigenvalue weighted by Crippen LogP contribution is 2.31. The van der Waals surface area contributed by atoms with Crippen LogP contribution >= 0.6 is 24.8 Å². The van der Waals surface area contributed by atoms with Gasteiger partial charge in [-0.05, 0) is 18.2 Å². The molecule has 0 aliphatic carbocycles. The van der Waals surface area contributed by atoms with E-state index in [4.69, 9.17) is 15.3 Å². The largest absolute Gasteiger partial charge is 0.489 e. The molecule has 8 heteroatoms. The van der Waals surface area contributed by atoms with Gasteiger partial charge in [-0.3, -0.25) is 0 Å². The quantitative estimate of drug-likeness (QED) is 0.816. The van der Waals surface area contributed by atoms with Crippen molar-refractivity contribution in [1.82, 2.24) is 4.98 Å². The maximum Gasteiger partial charge on any atom is 0.220 e. The van der Waals surface area contributed by atoms with Gasteiger partial charge in [-0.15, -0.1) is 24.8 Å². The molecule has 0 amide bonds. The first-order valence-corrected chi connectivity index (χ1v) is 7.02. The molecule has 1 atom stereocenters. The number of rotatable bonds is 5. The van der Waals surface area contributed by atoms with Crippen LogP contribution in [0.2, 0.25) is 0 Å². The van der Waals surface area contributed by atoms with Crippen LogP contribution in [-0.4, -0.2) is 30.0 Å². The second-order valence-electron chi connectivity index (χ2n) is 4.94.